The van der Waals surface area contributed by atoms with E-state index in [1.165, 1.54) is 18.2 Å². The van der Waals surface area contributed by atoms with Crippen molar-refractivity contribution in [1.29, 1.82) is 0 Å². The molecule has 4 aromatic carbocycles. The Balaban J connectivity index is 1.35. The molecule has 0 aliphatic carbocycles. The van der Waals surface area contributed by atoms with Crippen LogP contribution in [0, 0.1) is 12.7 Å². The molecule has 0 radical (unpaired) electrons. The van der Waals surface area contributed by atoms with E-state index in [4.69, 9.17) is 9.47 Å². The van der Waals surface area contributed by atoms with E-state index in [0.717, 1.165) is 21.6 Å². The second-order valence-electron chi connectivity index (χ2n) is 9.32. The predicted octanol–water partition coefficient (Wildman–Crippen LogP) is 6.72. The lowest BCUT2D eigenvalue weighted by molar-refractivity contribution is -0.122. The molecular formula is C32H24BrFN2O5. The van der Waals surface area contributed by atoms with Gasteiger partial charge in [0, 0.05) is 10.0 Å². The number of benzene rings is 4. The highest BCUT2D eigenvalue weighted by Crippen LogP contribution is 2.29. The van der Waals surface area contributed by atoms with Gasteiger partial charge in [0.25, 0.3) is 11.8 Å². The summed E-state index contributed by atoms with van der Waals surface area (Å²) in [4.78, 5) is 39.8. The largest absolute Gasteiger partial charge is 0.489 e. The van der Waals surface area contributed by atoms with Crippen LogP contribution in [0.25, 0.3) is 6.08 Å². The van der Waals surface area contributed by atoms with Crippen molar-refractivity contribution >= 4 is 45.5 Å². The third kappa shape index (κ3) is 6.70. The van der Waals surface area contributed by atoms with Crippen molar-refractivity contribution in [3.05, 3.63) is 129 Å². The summed E-state index contributed by atoms with van der Waals surface area (Å²) in [7, 11) is 0. The quantitative estimate of drug-likeness (QED) is 0.176. The van der Waals surface area contributed by atoms with Gasteiger partial charge in [-0.1, -0.05) is 57.9 Å². The molecule has 9 heteroatoms. The molecule has 0 aromatic heterocycles. The summed E-state index contributed by atoms with van der Waals surface area (Å²) < 4.78 is 25.7. The topological polar surface area (TPSA) is 84.9 Å². The Labute approximate surface area is 244 Å². The Kier molecular flexibility index (Phi) is 8.26. The van der Waals surface area contributed by atoms with Gasteiger partial charge in [-0.05, 0) is 78.7 Å². The number of barbiturate groups is 1. The van der Waals surface area contributed by atoms with E-state index in [1.807, 2.05) is 31.2 Å². The van der Waals surface area contributed by atoms with Gasteiger partial charge in [-0.25, -0.2) is 14.1 Å². The third-order valence-electron chi connectivity index (χ3n) is 6.30. The zero-order valence-corrected chi connectivity index (χ0v) is 23.5. The fraction of sp³-hybridized carbons (Fsp3) is 0.0938. The lowest BCUT2D eigenvalue weighted by Gasteiger charge is -2.26. The Hall–Kier alpha value is -4.76. The van der Waals surface area contributed by atoms with Gasteiger partial charge in [0.15, 0.2) is 0 Å². The van der Waals surface area contributed by atoms with E-state index in [0.29, 0.717) is 28.1 Å². The number of halogens is 2. The number of hydrogen-bond acceptors (Lipinski definition) is 5. The van der Waals surface area contributed by atoms with Gasteiger partial charge in [-0.2, -0.15) is 0 Å². The second kappa shape index (κ2) is 12.2. The van der Waals surface area contributed by atoms with Crippen LogP contribution in [-0.2, 0) is 22.8 Å². The summed E-state index contributed by atoms with van der Waals surface area (Å²) in [5, 5.41) is 2.23. The average Bonchev–Trinajstić information content (AvgIpc) is 2.96. The molecule has 0 saturated carbocycles. The number of nitrogens with zero attached hydrogens (tertiary/aromatic N) is 1. The minimum atomic E-state index is -0.854. The minimum Gasteiger partial charge on any atom is -0.489 e. The zero-order chi connectivity index (χ0) is 28.9. The van der Waals surface area contributed by atoms with Crippen LogP contribution in [0.2, 0.25) is 0 Å². The maximum absolute atomic E-state index is 13.4. The van der Waals surface area contributed by atoms with E-state index in [9.17, 15) is 18.8 Å². The van der Waals surface area contributed by atoms with Crippen LogP contribution >= 0.6 is 15.9 Å². The molecule has 0 bridgehead atoms. The summed E-state index contributed by atoms with van der Waals surface area (Å²) in [5.41, 5.74) is 3.37. The Morgan fingerprint density at radius 2 is 1.46 bits per heavy atom. The molecule has 1 fully saturated rings. The second-order valence-corrected chi connectivity index (χ2v) is 10.2. The molecule has 1 saturated heterocycles. The van der Waals surface area contributed by atoms with Gasteiger partial charge >= 0.3 is 6.03 Å². The monoisotopic (exact) mass is 614 g/mol. The van der Waals surface area contributed by atoms with E-state index in [1.54, 1.807) is 54.6 Å². The van der Waals surface area contributed by atoms with Gasteiger partial charge in [0.2, 0.25) is 0 Å². The number of imide groups is 2. The Bertz CT molecular complexity index is 1630. The molecule has 1 heterocycles. The number of urea groups is 1. The lowest BCUT2D eigenvalue weighted by Crippen LogP contribution is -2.54. The predicted molar refractivity (Wildman–Crippen MR) is 156 cm³/mol. The molecule has 7 nitrogen and oxygen atoms in total. The van der Waals surface area contributed by atoms with Crippen LogP contribution < -0.4 is 19.7 Å². The number of carbonyl (C=O) groups is 3. The van der Waals surface area contributed by atoms with Crippen molar-refractivity contribution in [2.75, 3.05) is 4.90 Å². The zero-order valence-electron chi connectivity index (χ0n) is 21.9. The highest BCUT2D eigenvalue weighted by atomic mass is 79.9. The van der Waals surface area contributed by atoms with Crippen molar-refractivity contribution in [2.24, 2.45) is 0 Å². The van der Waals surface area contributed by atoms with Crippen LogP contribution in [0.4, 0.5) is 14.9 Å². The molecule has 1 N–H and O–H groups in total. The van der Waals surface area contributed by atoms with Crippen molar-refractivity contribution < 1.29 is 28.2 Å². The summed E-state index contributed by atoms with van der Waals surface area (Å²) in [6.45, 7) is 2.51. The van der Waals surface area contributed by atoms with E-state index in [-0.39, 0.29) is 23.7 Å². The van der Waals surface area contributed by atoms with Gasteiger partial charge in [-0.3, -0.25) is 14.9 Å². The number of carbonyl (C=O) groups excluding carboxylic acids is 3. The summed E-state index contributed by atoms with van der Waals surface area (Å²) in [5.74, 6) is -1.00. The average molecular weight is 615 g/mol. The molecule has 1 aliphatic heterocycles. The molecule has 5 rings (SSSR count). The number of hydrogen-bond donors (Lipinski definition) is 1. The van der Waals surface area contributed by atoms with Crippen LogP contribution in [0.5, 0.6) is 11.5 Å². The molecule has 206 valence electrons. The number of amides is 4. The molecule has 0 atom stereocenters. The maximum atomic E-state index is 13.4. The first-order valence-corrected chi connectivity index (χ1v) is 13.4. The molecule has 0 spiro atoms. The van der Waals surface area contributed by atoms with E-state index in [2.05, 4.69) is 21.2 Å². The van der Waals surface area contributed by atoms with Crippen LogP contribution in [-0.4, -0.2) is 17.8 Å². The number of ether oxygens (including phenoxy) is 2. The first kappa shape index (κ1) is 27.8. The Morgan fingerprint density at radius 1 is 0.829 bits per heavy atom. The van der Waals surface area contributed by atoms with Gasteiger partial charge in [0.05, 0.1) is 5.69 Å². The molecule has 1 aliphatic rings. The summed E-state index contributed by atoms with van der Waals surface area (Å²) in [6.07, 6.45) is 1.38. The Morgan fingerprint density at radius 3 is 2.15 bits per heavy atom. The number of aryl methyl sites for hydroxylation is 1. The molecule has 41 heavy (non-hydrogen) atoms. The van der Waals surface area contributed by atoms with Crippen LogP contribution in [0.15, 0.2) is 101 Å². The molecule has 0 unspecified atom stereocenters. The maximum Gasteiger partial charge on any atom is 0.335 e. The number of anilines is 1. The van der Waals surface area contributed by atoms with Crippen molar-refractivity contribution in [1.82, 2.24) is 5.32 Å². The van der Waals surface area contributed by atoms with Gasteiger partial charge in [0.1, 0.15) is 36.1 Å². The minimum absolute atomic E-state index is 0.140. The molecule has 4 aromatic rings. The number of rotatable bonds is 8. The molecule has 4 amide bonds. The van der Waals surface area contributed by atoms with Crippen molar-refractivity contribution in [3.8, 4) is 11.5 Å². The van der Waals surface area contributed by atoms with E-state index >= 15 is 0 Å². The van der Waals surface area contributed by atoms with Gasteiger partial charge in [-0.15, -0.1) is 0 Å². The molecular weight excluding hydrogens is 591 g/mol. The third-order valence-corrected chi connectivity index (χ3v) is 6.80. The van der Waals surface area contributed by atoms with Crippen LogP contribution in [0.1, 0.15) is 22.3 Å². The first-order chi connectivity index (χ1) is 19.8. The van der Waals surface area contributed by atoms with Crippen LogP contribution in [0.3, 0.4) is 0 Å². The smallest absolute Gasteiger partial charge is 0.335 e. The summed E-state index contributed by atoms with van der Waals surface area (Å²) >= 11 is 3.40. The fourth-order valence-electron chi connectivity index (χ4n) is 4.10. The van der Waals surface area contributed by atoms with Gasteiger partial charge < -0.3 is 9.47 Å². The normalized spacial score (nSPS) is 14.3. The highest BCUT2D eigenvalue weighted by molar-refractivity contribution is 9.10. The van der Waals surface area contributed by atoms with Crippen molar-refractivity contribution in [2.45, 2.75) is 20.1 Å². The highest BCUT2D eigenvalue weighted by Gasteiger charge is 2.37. The lowest BCUT2D eigenvalue weighted by atomic mass is 10.1. The standard InChI is InChI=1S/C32H24BrFN2O5/c1-20-2-4-21(5-3-20)18-40-27-13-11-26(12-14-27)36-31(38)28(30(37)35-32(36)39)17-23-16-24(33)8-15-29(23)41-19-22-6-9-25(34)10-7-22/h2-17H,18-19H2,1H3,(H,35,37,39)/b28-17+. The summed E-state index contributed by atoms with van der Waals surface area (Å²) in [6, 6.07) is 24.6. The van der Waals surface area contributed by atoms with E-state index < -0.39 is 17.8 Å². The SMILES string of the molecule is Cc1ccc(COc2ccc(N3C(=O)NC(=O)/C(=C\c4cc(Br)ccc4OCc4ccc(F)cc4)C3=O)cc2)cc1. The fourth-order valence-corrected chi connectivity index (χ4v) is 4.47. The van der Waals surface area contributed by atoms with Crippen molar-refractivity contribution in [3.63, 3.8) is 0 Å². The first-order valence-electron chi connectivity index (χ1n) is 12.6. The number of nitrogens with one attached hydrogen (secondary N) is 1.